The molecule has 0 atom stereocenters. The summed E-state index contributed by atoms with van der Waals surface area (Å²) in [4.78, 5) is 11.1. The van der Waals surface area contributed by atoms with E-state index in [9.17, 15) is 4.79 Å². The Kier molecular flexibility index (Phi) is 3.94. The number of carboxylic acids is 1. The number of rotatable bonds is 4. The molecule has 0 amide bonds. The standard InChI is InChI=1S/C16H16O4/c1-10-8-12(16(17)18)9-14(20-3)15(10)11-4-6-13(19-2)7-5-11/h4-9H,1-3H3,(H,17,18). The van der Waals surface area contributed by atoms with Crippen LogP contribution in [-0.4, -0.2) is 25.3 Å². The average molecular weight is 272 g/mol. The fourth-order valence-electron chi connectivity index (χ4n) is 2.17. The average Bonchev–Trinajstić information content (AvgIpc) is 2.46. The first-order valence-corrected chi connectivity index (χ1v) is 6.13. The Morgan fingerprint density at radius 1 is 1.05 bits per heavy atom. The largest absolute Gasteiger partial charge is 0.497 e. The third-order valence-electron chi connectivity index (χ3n) is 3.14. The lowest BCUT2D eigenvalue weighted by molar-refractivity contribution is 0.0696. The van der Waals surface area contributed by atoms with E-state index in [1.165, 1.54) is 13.2 Å². The summed E-state index contributed by atoms with van der Waals surface area (Å²) >= 11 is 0. The van der Waals surface area contributed by atoms with Gasteiger partial charge in [0.1, 0.15) is 11.5 Å². The molecule has 2 rings (SSSR count). The van der Waals surface area contributed by atoms with Crippen LogP contribution in [0.15, 0.2) is 36.4 Å². The van der Waals surface area contributed by atoms with Gasteiger partial charge >= 0.3 is 5.97 Å². The molecule has 0 radical (unpaired) electrons. The lowest BCUT2D eigenvalue weighted by Gasteiger charge is -2.13. The van der Waals surface area contributed by atoms with Crippen molar-refractivity contribution in [3.8, 4) is 22.6 Å². The highest BCUT2D eigenvalue weighted by atomic mass is 16.5. The molecule has 0 aliphatic rings. The molecule has 0 aromatic heterocycles. The minimum Gasteiger partial charge on any atom is -0.497 e. The molecule has 0 aliphatic carbocycles. The normalized spacial score (nSPS) is 10.2. The zero-order chi connectivity index (χ0) is 14.7. The Labute approximate surface area is 117 Å². The van der Waals surface area contributed by atoms with Gasteiger partial charge in [-0.2, -0.15) is 0 Å². The van der Waals surface area contributed by atoms with Crippen molar-refractivity contribution < 1.29 is 19.4 Å². The molecule has 0 aliphatic heterocycles. The van der Waals surface area contributed by atoms with Crippen molar-refractivity contribution in [2.75, 3.05) is 14.2 Å². The van der Waals surface area contributed by atoms with Crippen LogP contribution in [0.25, 0.3) is 11.1 Å². The van der Waals surface area contributed by atoms with Crippen LogP contribution in [0.5, 0.6) is 11.5 Å². The molecule has 0 heterocycles. The molecule has 0 bridgehead atoms. The summed E-state index contributed by atoms with van der Waals surface area (Å²) in [6.07, 6.45) is 0. The van der Waals surface area contributed by atoms with E-state index in [-0.39, 0.29) is 5.56 Å². The summed E-state index contributed by atoms with van der Waals surface area (Å²) in [5.41, 5.74) is 2.92. The molecule has 4 heteroatoms. The Balaban J connectivity index is 2.57. The van der Waals surface area contributed by atoms with Gasteiger partial charge in [0, 0.05) is 5.56 Å². The molecular weight excluding hydrogens is 256 g/mol. The molecule has 0 fully saturated rings. The number of hydrogen-bond donors (Lipinski definition) is 1. The van der Waals surface area contributed by atoms with Crippen LogP contribution >= 0.6 is 0 Å². The smallest absolute Gasteiger partial charge is 0.335 e. The number of carbonyl (C=O) groups is 1. The predicted molar refractivity (Wildman–Crippen MR) is 76.7 cm³/mol. The van der Waals surface area contributed by atoms with Gasteiger partial charge in [-0.3, -0.25) is 0 Å². The molecule has 0 spiro atoms. The number of methoxy groups -OCH3 is 2. The maximum Gasteiger partial charge on any atom is 0.335 e. The van der Waals surface area contributed by atoms with Gasteiger partial charge in [0.25, 0.3) is 0 Å². The molecule has 1 N–H and O–H groups in total. The first kappa shape index (κ1) is 13.9. The number of hydrogen-bond acceptors (Lipinski definition) is 3. The summed E-state index contributed by atoms with van der Waals surface area (Å²) in [7, 11) is 3.15. The monoisotopic (exact) mass is 272 g/mol. The SMILES string of the molecule is COc1ccc(-c2c(C)cc(C(=O)O)cc2OC)cc1. The fraction of sp³-hybridized carbons (Fsp3) is 0.188. The van der Waals surface area contributed by atoms with Gasteiger partial charge in [-0.05, 0) is 42.3 Å². The van der Waals surface area contributed by atoms with Crippen LogP contribution in [0.2, 0.25) is 0 Å². The minimum atomic E-state index is -0.965. The minimum absolute atomic E-state index is 0.219. The molecule has 104 valence electrons. The molecule has 2 aromatic carbocycles. The van der Waals surface area contributed by atoms with E-state index >= 15 is 0 Å². The predicted octanol–water partition coefficient (Wildman–Crippen LogP) is 3.38. The van der Waals surface area contributed by atoms with Crippen molar-refractivity contribution in [2.45, 2.75) is 6.92 Å². The van der Waals surface area contributed by atoms with Crippen LogP contribution in [0, 0.1) is 6.92 Å². The quantitative estimate of drug-likeness (QED) is 0.927. The maximum atomic E-state index is 11.1. The van der Waals surface area contributed by atoms with E-state index in [1.54, 1.807) is 13.2 Å². The van der Waals surface area contributed by atoms with E-state index in [1.807, 2.05) is 31.2 Å². The zero-order valence-electron chi connectivity index (χ0n) is 11.6. The second-order valence-corrected chi connectivity index (χ2v) is 4.40. The third kappa shape index (κ3) is 2.59. The van der Waals surface area contributed by atoms with Gasteiger partial charge in [0.2, 0.25) is 0 Å². The number of carboxylic acid groups (broad SMARTS) is 1. The lowest BCUT2D eigenvalue weighted by atomic mass is 9.97. The van der Waals surface area contributed by atoms with Crippen molar-refractivity contribution in [3.63, 3.8) is 0 Å². The van der Waals surface area contributed by atoms with Gasteiger partial charge in [0.15, 0.2) is 0 Å². The molecule has 2 aromatic rings. The molecule has 4 nitrogen and oxygen atoms in total. The second-order valence-electron chi connectivity index (χ2n) is 4.40. The van der Waals surface area contributed by atoms with Gasteiger partial charge < -0.3 is 14.6 Å². The Hall–Kier alpha value is -2.49. The van der Waals surface area contributed by atoms with Crippen LogP contribution in [-0.2, 0) is 0 Å². The molecule has 0 saturated heterocycles. The lowest BCUT2D eigenvalue weighted by Crippen LogP contribution is -2.00. The highest BCUT2D eigenvalue weighted by Crippen LogP contribution is 2.35. The highest BCUT2D eigenvalue weighted by molar-refractivity contribution is 5.90. The van der Waals surface area contributed by atoms with E-state index in [0.29, 0.717) is 5.75 Å². The van der Waals surface area contributed by atoms with E-state index < -0.39 is 5.97 Å². The summed E-state index contributed by atoms with van der Waals surface area (Å²) < 4.78 is 10.5. The second kappa shape index (κ2) is 5.65. The number of benzene rings is 2. The summed E-state index contributed by atoms with van der Waals surface area (Å²) in [5, 5.41) is 9.09. The molecule has 0 unspecified atom stereocenters. The van der Waals surface area contributed by atoms with E-state index in [2.05, 4.69) is 0 Å². The number of aromatic carboxylic acids is 1. The molecular formula is C16H16O4. The van der Waals surface area contributed by atoms with Crippen molar-refractivity contribution in [3.05, 3.63) is 47.5 Å². The molecule has 0 saturated carbocycles. The first-order valence-electron chi connectivity index (χ1n) is 6.13. The van der Waals surface area contributed by atoms with Gasteiger partial charge in [-0.15, -0.1) is 0 Å². The number of aryl methyl sites for hydroxylation is 1. The van der Waals surface area contributed by atoms with Gasteiger partial charge in [-0.1, -0.05) is 12.1 Å². The molecule has 20 heavy (non-hydrogen) atoms. The summed E-state index contributed by atoms with van der Waals surface area (Å²) in [6, 6.07) is 10.7. The third-order valence-corrected chi connectivity index (χ3v) is 3.14. The van der Waals surface area contributed by atoms with Crippen LogP contribution in [0.1, 0.15) is 15.9 Å². The maximum absolute atomic E-state index is 11.1. The summed E-state index contributed by atoms with van der Waals surface area (Å²) in [5.74, 6) is 0.354. The van der Waals surface area contributed by atoms with Gasteiger partial charge in [-0.25, -0.2) is 4.79 Å². The van der Waals surface area contributed by atoms with Crippen LogP contribution in [0.4, 0.5) is 0 Å². The Bertz CT molecular complexity index is 630. The first-order chi connectivity index (χ1) is 9.56. The number of ether oxygens (including phenoxy) is 2. The van der Waals surface area contributed by atoms with Crippen molar-refractivity contribution in [1.82, 2.24) is 0 Å². The van der Waals surface area contributed by atoms with Crippen molar-refractivity contribution in [2.24, 2.45) is 0 Å². The van der Waals surface area contributed by atoms with Gasteiger partial charge in [0.05, 0.1) is 19.8 Å². The van der Waals surface area contributed by atoms with Crippen LogP contribution in [0.3, 0.4) is 0 Å². The highest BCUT2D eigenvalue weighted by Gasteiger charge is 2.14. The van der Waals surface area contributed by atoms with Crippen LogP contribution < -0.4 is 9.47 Å². The van der Waals surface area contributed by atoms with E-state index in [4.69, 9.17) is 14.6 Å². The fourth-order valence-corrected chi connectivity index (χ4v) is 2.17. The van der Waals surface area contributed by atoms with Crippen molar-refractivity contribution in [1.29, 1.82) is 0 Å². The summed E-state index contributed by atoms with van der Waals surface area (Å²) in [6.45, 7) is 1.87. The van der Waals surface area contributed by atoms with E-state index in [0.717, 1.165) is 22.4 Å². The van der Waals surface area contributed by atoms with Crippen molar-refractivity contribution >= 4 is 5.97 Å². The Morgan fingerprint density at radius 3 is 2.20 bits per heavy atom. The zero-order valence-corrected chi connectivity index (χ0v) is 11.6. The Morgan fingerprint density at radius 2 is 1.70 bits per heavy atom. The topological polar surface area (TPSA) is 55.8 Å².